The maximum Gasteiger partial charge on any atom is 0.337 e. The first-order chi connectivity index (χ1) is 12.6. The third-order valence-corrected chi connectivity index (χ3v) is 4.80. The number of hydrogen-bond acceptors (Lipinski definition) is 8. The summed E-state index contributed by atoms with van der Waals surface area (Å²) < 4.78 is 59.8. The van der Waals surface area contributed by atoms with Crippen LogP contribution < -0.4 is 11.5 Å². The van der Waals surface area contributed by atoms with Crippen molar-refractivity contribution in [2.45, 2.75) is 9.79 Å². The van der Waals surface area contributed by atoms with Gasteiger partial charge in [-0.1, -0.05) is 0 Å². The lowest BCUT2D eigenvalue weighted by molar-refractivity contribution is 0.0687. The zero-order valence-electron chi connectivity index (χ0n) is 13.7. The Balaban J connectivity index is 0.000000280. The van der Waals surface area contributed by atoms with E-state index >= 15 is 0 Å². The van der Waals surface area contributed by atoms with Gasteiger partial charge in [-0.3, -0.25) is 9.11 Å². The van der Waals surface area contributed by atoms with E-state index in [0.717, 1.165) is 36.4 Å². The molecule has 2 aromatic carbocycles. The summed E-state index contributed by atoms with van der Waals surface area (Å²) in [6, 6.07) is 5.80. The fourth-order valence-electron chi connectivity index (χ4n) is 1.78. The van der Waals surface area contributed by atoms with Crippen LogP contribution in [0.25, 0.3) is 0 Å². The molecule has 0 heterocycles. The Bertz CT molecular complexity index is 1140. The number of carbonyl (C=O) groups is 2. The van der Waals surface area contributed by atoms with E-state index in [-0.39, 0.29) is 22.5 Å². The highest BCUT2D eigenvalue weighted by atomic mass is 32.2. The number of aromatic carboxylic acids is 2. The van der Waals surface area contributed by atoms with Gasteiger partial charge in [-0.25, -0.2) is 9.59 Å². The molecule has 0 spiro atoms. The van der Waals surface area contributed by atoms with Crippen LogP contribution in [-0.4, -0.2) is 48.1 Å². The maximum absolute atomic E-state index is 10.6. The second-order valence-electron chi connectivity index (χ2n) is 5.06. The third kappa shape index (κ3) is 5.92. The molecule has 0 unspecified atom stereocenters. The number of rotatable bonds is 4. The Morgan fingerprint density at radius 2 is 1.11 bits per heavy atom. The van der Waals surface area contributed by atoms with Crippen LogP contribution in [0.1, 0.15) is 20.7 Å². The highest BCUT2D eigenvalue weighted by molar-refractivity contribution is 7.86. The minimum absolute atomic E-state index is 0.0649. The molecule has 2 rings (SSSR count). The minimum atomic E-state index is -4.39. The van der Waals surface area contributed by atoms with Crippen molar-refractivity contribution >= 4 is 43.5 Å². The lowest BCUT2D eigenvalue weighted by atomic mass is 10.2. The summed E-state index contributed by atoms with van der Waals surface area (Å²) in [5, 5.41) is 17.2. The van der Waals surface area contributed by atoms with Crippen molar-refractivity contribution in [2.24, 2.45) is 0 Å². The minimum Gasteiger partial charge on any atom is -0.478 e. The molecule has 14 heteroatoms. The number of carboxylic acids is 2. The van der Waals surface area contributed by atoms with Gasteiger partial charge in [-0.05, 0) is 36.4 Å². The number of anilines is 2. The van der Waals surface area contributed by atoms with E-state index in [1.807, 2.05) is 0 Å². The van der Waals surface area contributed by atoms with Gasteiger partial charge in [0.25, 0.3) is 20.2 Å². The molecule has 0 aliphatic heterocycles. The first-order valence-corrected chi connectivity index (χ1v) is 9.73. The molecule has 0 aliphatic rings. The molecule has 0 aromatic heterocycles. The summed E-state index contributed by atoms with van der Waals surface area (Å²) in [5.74, 6) is -2.61. The van der Waals surface area contributed by atoms with Crippen LogP contribution in [-0.2, 0) is 20.2 Å². The van der Waals surface area contributed by atoms with E-state index in [9.17, 15) is 26.4 Å². The largest absolute Gasteiger partial charge is 0.478 e. The molecule has 0 atom stereocenters. The topological polar surface area (TPSA) is 235 Å². The van der Waals surface area contributed by atoms with Crippen LogP contribution in [0.2, 0.25) is 0 Å². The number of carboxylic acid groups (broad SMARTS) is 2. The molecule has 0 radical (unpaired) electrons. The first-order valence-electron chi connectivity index (χ1n) is 6.85. The van der Waals surface area contributed by atoms with E-state index in [4.69, 9.17) is 30.8 Å². The molecule has 28 heavy (non-hydrogen) atoms. The van der Waals surface area contributed by atoms with Crippen LogP contribution in [0.3, 0.4) is 0 Å². The van der Waals surface area contributed by atoms with Crippen molar-refractivity contribution in [1.29, 1.82) is 0 Å². The Hall–Kier alpha value is -3.20. The molecule has 0 amide bonds. The summed E-state index contributed by atoms with van der Waals surface area (Å²) in [4.78, 5) is 20.1. The van der Waals surface area contributed by atoms with Crippen molar-refractivity contribution in [3.05, 3.63) is 47.5 Å². The van der Waals surface area contributed by atoms with Gasteiger partial charge in [0.1, 0.15) is 0 Å². The molecule has 152 valence electrons. The quantitative estimate of drug-likeness (QED) is 0.284. The van der Waals surface area contributed by atoms with Gasteiger partial charge in [-0.15, -0.1) is 0 Å². The Morgan fingerprint density at radius 1 is 0.679 bits per heavy atom. The van der Waals surface area contributed by atoms with Crippen LogP contribution >= 0.6 is 0 Å². The summed E-state index contributed by atoms with van der Waals surface area (Å²) in [7, 11) is -8.74. The molecular formula is C14H14N2O10S2. The predicted molar refractivity (Wildman–Crippen MR) is 95.3 cm³/mol. The Labute approximate surface area is 158 Å². The van der Waals surface area contributed by atoms with E-state index < -0.39 is 42.0 Å². The van der Waals surface area contributed by atoms with Gasteiger partial charge in [0.15, 0.2) is 0 Å². The highest BCUT2D eigenvalue weighted by Gasteiger charge is 2.15. The van der Waals surface area contributed by atoms with Gasteiger partial charge in [-0.2, -0.15) is 16.8 Å². The standard InChI is InChI=1S/2C7H7NO5S/c8-6-2-1-4(14(11,12)13)3-5(6)7(9)10;8-6-3-4(14(11,12)13)1-2-5(6)7(9)10/h2*1-3H,8H2,(H,9,10)(H,11,12,13). The molecule has 2 aromatic rings. The number of hydrogen-bond donors (Lipinski definition) is 6. The van der Waals surface area contributed by atoms with Crippen molar-refractivity contribution in [1.82, 2.24) is 0 Å². The van der Waals surface area contributed by atoms with E-state index in [2.05, 4.69) is 0 Å². The first kappa shape index (κ1) is 22.8. The highest BCUT2D eigenvalue weighted by Crippen LogP contribution is 2.18. The van der Waals surface area contributed by atoms with Crippen LogP contribution in [0, 0.1) is 0 Å². The smallest absolute Gasteiger partial charge is 0.337 e. The van der Waals surface area contributed by atoms with Gasteiger partial charge >= 0.3 is 11.9 Å². The van der Waals surface area contributed by atoms with Crippen LogP contribution in [0.5, 0.6) is 0 Å². The van der Waals surface area contributed by atoms with Crippen molar-refractivity contribution in [3.8, 4) is 0 Å². The SMILES string of the molecule is Nc1cc(S(=O)(=O)O)ccc1C(=O)O.Nc1ccc(S(=O)(=O)O)cc1C(=O)O. The lowest BCUT2D eigenvalue weighted by Crippen LogP contribution is -2.05. The zero-order chi connectivity index (χ0) is 21.9. The molecule has 12 nitrogen and oxygen atoms in total. The number of nitrogen functional groups attached to an aromatic ring is 2. The summed E-state index contributed by atoms with van der Waals surface area (Å²) in [6.07, 6.45) is 0. The molecule has 0 saturated heterocycles. The van der Waals surface area contributed by atoms with Gasteiger partial charge in [0.2, 0.25) is 0 Å². The monoisotopic (exact) mass is 434 g/mol. The molecule has 8 N–H and O–H groups in total. The molecular weight excluding hydrogens is 420 g/mol. The third-order valence-electron chi connectivity index (χ3n) is 3.10. The van der Waals surface area contributed by atoms with Crippen molar-refractivity contribution in [3.63, 3.8) is 0 Å². The molecule has 0 fully saturated rings. The van der Waals surface area contributed by atoms with Crippen molar-refractivity contribution in [2.75, 3.05) is 11.5 Å². The Morgan fingerprint density at radius 3 is 1.50 bits per heavy atom. The van der Waals surface area contributed by atoms with Crippen molar-refractivity contribution < 1.29 is 45.7 Å². The zero-order valence-corrected chi connectivity index (χ0v) is 15.3. The molecule has 0 aliphatic carbocycles. The van der Waals surface area contributed by atoms with Gasteiger partial charge in [0.05, 0.1) is 20.9 Å². The van der Waals surface area contributed by atoms with E-state index in [1.165, 1.54) is 0 Å². The maximum atomic E-state index is 10.6. The van der Waals surface area contributed by atoms with E-state index in [0.29, 0.717) is 0 Å². The Kier molecular flexibility index (Phi) is 6.70. The van der Waals surface area contributed by atoms with Gasteiger partial charge < -0.3 is 21.7 Å². The normalized spacial score (nSPS) is 11.2. The van der Waals surface area contributed by atoms with E-state index in [1.54, 1.807) is 0 Å². The van der Waals surface area contributed by atoms with Gasteiger partial charge in [0, 0.05) is 11.4 Å². The average Bonchev–Trinajstić information content (AvgIpc) is 2.53. The fraction of sp³-hybridized carbons (Fsp3) is 0. The average molecular weight is 434 g/mol. The number of benzene rings is 2. The fourth-order valence-corrected chi connectivity index (χ4v) is 2.80. The lowest BCUT2D eigenvalue weighted by Gasteiger charge is -2.02. The number of nitrogens with two attached hydrogens (primary N) is 2. The summed E-state index contributed by atoms with van der Waals surface area (Å²) in [6.45, 7) is 0. The second kappa shape index (κ2) is 8.22. The molecule has 0 saturated carbocycles. The second-order valence-corrected chi connectivity index (χ2v) is 7.90. The summed E-state index contributed by atoms with van der Waals surface area (Å²) >= 11 is 0. The predicted octanol–water partition coefficient (Wildman–Crippen LogP) is 0.427. The summed E-state index contributed by atoms with van der Waals surface area (Å²) in [5.41, 5.74) is 9.69. The molecule has 0 bridgehead atoms. The van der Waals surface area contributed by atoms with Crippen LogP contribution in [0.4, 0.5) is 11.4 Å². The van der Waals surface area contributed by atoms with Crippen LogP contribution in [0.15, 0.2) is 46.2 Å².